The van der Waals surface area contributed by atoms with Gasteiger partial charge in [-0.3, -0.25) is 4.79 Å². The molecule has 33 heavy (non-hydrogen) atoms. The maximum Gasteiger partial charge on any atom is 0.306 e. The number of unbranched alkanes of at least 4 members (excludes halogenated alkanes) is 2. The van der Waals surface area contributed by atoms with Crippen molar-refractivity contribution in [3.8, 4) is 28.3 Å². The highest BCUT2D eigenvalue weighted by Crippen LogP contribution is 2.25. The molecule has 2 aromatic carbocycles. The van der Waals surface area contributed by atoms with Crippen molar-refractivity contribution >= 4 is 5.97 Å². The van der Waals surface area contributed by atoms with E-state index >= 15 is 0 Å². The van der Waals surface area contributed by atoms with E-state index in [0.29, 0.717) is 13.0 Å². The van der Waals surface area contributed by atoms with Gasteiger partial charge in [-0.15, -0.1) is 0 Å². The fourth-order valence-electron chi connectivity index (χ4n) is 3.42. The Hall–Kier alpha value is -3.21. The Morgan fingerprint density at radius 1 is 0.848 bits per heavy atom. The second kappa shape index (κ2) is 12.7. The van der Waals surface area contributed by atoms with E-state index in [2.05, 4.69) is 48.1 Å². The summed E-state index contributed by atoms with van der Waals surface area (Å²) in [5, 5.41) is 0. The summed E-state index contributed by atoms with van der Waals surface area (Å²) in [7, 11) is 0. The van der Waals surface area contributed by atoms with Gasteiger partial charge in [-0.05, 0) is 55.0 Å². The third-order valence-corrected chi connectivity index (χ3v) is 5.41. The SMILES string of the molecule is CCCCC(=O)OC(C)COc1ccc(-c2ccc(-c3ncc(CCCC)cn3)cc2)cc1. The Morgan fingerprint density at radius 3 is 2.03 bits per heavy atom. The summed E-state index contributed by atoms with van der Waals surface area (Å²) in [4.78, 5) is 20.8. The maximum absolute atomic E-state index is 11.7. The maximum atomic E-state index is 11.7. The molecule has 0 saturated carbocycles. The van der Waals surface area contributed by atoms with Crippen molar-refractivity contribution in [3.63, 3.8) is 0 Å². The third-order valence-electron chi connectivity index (χ3n) is 5.41. The van der Waals surface area contributed by atoms with E-state index in [1.54, 1.807) is 0 Å². The van der Waals surface area contributed by atoms with Crippen molar-refractivity contribution in [1.29, 1.82) is 0 Å². The number of rotatable bonds is 12. The predicted molar refractivity (Wildman–Crippen MR) is 132 cm³/mol. The normalized spacial score (nSPS) is 11.7. The number of aromatic nitrogens is 2. The summed E-state index contributed by atoms with van der Waals surface area (Å²) in [6, 6.07) is 16.2. The topological polar surface area (TPSA) is 61.3 Å². The molecule has 0 radical (unpaired) electrons. The van der Waals surface area contributed by atoms with E-state index in [9.17, 15) is 4.79 Å². The fraction of sp³-hybridized carbons (Fsp3) is 0.393. The molecule has 0 fully saturated rings. The summed E-state index contributed by atoms with van der Waals surface area (Å²) in [6.45, 7) is 6.43. The lowest BCUT2D eigenvalue weighted by Gasteiger charge is -2.14. The minimum Gasteiger partial charge on any atom is -0.490 e. The second-order valence-electron chi connectivity index (χ2n) is 8.34. The molecule has 0 amide bonds. The van der Waals surface area contributed by atoms with Crippen LogP contribution in [0.1, 0.15) is 58.4 Å². The van der Waals surface area contributed by atoms with Gasteiger partial charge in [-0.25, -0.2) is 9.97 Å². The quantitative estimate of drug-likeness (QED) is 0.291. The number of esters is 1. The van der Waals surface area contributed by atoms with Crippen LogP contribution in [0, 0.1) is 0 Å². The summed E-state index contributed by atoms with van der Waals surface area (Å²) < 4.78 is 11.1. The summed E-state index contributed by atoms with van der Waals surface area (Å²) in [6.07, 6.45) is 9.24. The van der Waals surface area contributed by atoms with Crippen molar-refractivity contribution in [2.24, 2.45) is 0 Å². The number of hydrogen-bond donors (Lipinski definition) is 0. The van der Waals surface area contributed by atoms with Gasteiger partial charge >= 0.3 is 5.97 Å². The molecule has 0 bridgehead atoms. The van der Waals surface area contributed by atoms with Crippen molar-refractivity contribution < 1.29 is 14.3 Å². The molecule has 1 aromatic heterocycles. The van der Waals surface area contributed by atoms with Crippen LogP contribution in [0.15, 0.2) is 60.9 Å². The van der Waals surface area contributed by atoms with Gasteiger partial charge < -0.3 is 9.47 Å². The van der Waals surface area contributed by atoms with Crippen LogP contribution in [0.2, 0.25) is 0 Å². The number of nitrogens with zero attached hydrogens (tertiary/aromatic N) is 2. The van der Waals surface area contributed by atoms with Crippen LogP contribution in [-0.2, 0) is 16.0 Å². The molecule has 5 nitrogen and oxygen atoms in total. The monoisotopic (exact) mass is 446 g/mol. The lowest BCUT2D eigenvalue weighted by atomic mass is 10.0. The van der Waals surface area contributed by atoms with Gasteiger partial charge in [0.15, 0.2) is 5.82 Å². The van der Waals surface area contributed by atoms with Crippen LogP contribution in [0.4, 0.5) is 0 Å². The first-order valence-electron chi connectivity index (χ1n) is 11.9. The molecule has 3 rings (SSSR count). The average molecular weight is 447 g/mol. The lowest BCUT2D eigenvalue weighted by molar-refractivity contribution is -0.149. The van der Waals surface area contributed by atoms with Crippen LogP contribution in [0.5, 0.6) is 5.75 Å². The molecule has 5 heteroatoms. The van der Waals surface area contributed by atoms with Gasteiger partial charge in [0, 0.05) is 24.4 Å². The lowest BCUT2D eigenvalue weighted by Crippen LogP contribution is -2.21. The molecule has 0 aliphatic heterocycles. The Balaban J connectivity index is 1.53. The molecule has 174 valence electrons. The van der Waals surface area contributed by atoms with Crippen LogP contribution in [0.25, 0.3) is 22.5 Å². The van der Waals surface area contributed by atoms with Gasteiger partial charge in [0.2, 0.25) is 0 Å². The first kappa shape index (κ1) is 24.4. The molecule has 1 atom stereocenters. The summed E-state index contributed by atoms with van der Waals surface area (Å²) in [5.41, 5.74) is 4.40. The Bertz CT molecular complexity index is 983. The van der Waals surface area contributed by atoms with E-state index in [0.717, 1.165) is 53.9 Å². The first-order valence-corrected chi connectivity index (χ1v) is 11.9. The predicted octanol–water partition coefficient (Wildman–Crippen LogP) is 6.65. The van der Waals surface area contributed by atoms with E-state index in [1.807, 2.05) is 43.6 Å². The van der Waals surface area contributed by atoms with Gasteiger partial charge in [0.05, 0.1) is 0 Å². The number of carbonyl (C=O) groups excluding carboxylic acids is 1. The third kappa shape index (κ3) is 7.70. The standard InChI is InChI=1S/C28H34N2O3/c1-4-6-8-22-18-29-28(30-19-22)25-12-10-23(11-13-25)24-14-16-26(17-15-24)32-20-21(3)33-27(31)9-7-5-2/h10-19,21H,4-9,20H2,1-3H3. The highest BCUT2D eigenvalue weighted by molar-refractivity contribution is 5.69. The second-order valence-corrected chi connectivity index (χ2v) is 8.34. The molecular formula is C28H34N2O3. The Kier molecular flexibility index (Phi) is 9.43. The molecule has 0 N–H and O–H groups in total. The minimum atomic E-state index is -0.274. The van der Waals surface area contributed by atoms with E-state index in [-0.39, 0.29) is 12.1 Å². The largest absolute Gasteiger partial charge is 0.490 e. The van der Waals surface area contributed by atoms with Crippen LogP contribution < -0.4 is 4.74 Å². The number of benzene rings is 2. The first-order chi connectivity index (χ1) is 16.1. The molecule has 0 aliphatic carbocycles. The zero-order valence-corrected chi connectivity index (χ0v) is 19.9. The van der Waals surface area contributed by atoms with Crippen molar-refractivity contribution in [2.75, 3.05) is 6.61 Å². The summed E-state index contributed by atoms with van der Waals surface area (Å²) in [5.74, 6) is 1.34. The highest BCUT2D eigenvalue weighted by atomic mass is 16.6. The van der Waals surface area contributed by atoms with Crippen molar-refractivity contribution in [3.05, 3.63) is 66.5 Å². The summed E-state index contributed by atoms with van der Waals surface area (Å²) >= 11 is 0. The average Bonchev–Trinajstić information content (AvgIpc) is 2.86. The molecule has 0 aliphatic rings. The highest BCUT2D eigenvalue weighted by Gasteiger charge is 2.10. The molecule has 1 heterocycles. The molecular weight excluding hydrogens is 412 g/mol. The van der Waals surface area contributed by atoms with Crippen molar-refractivity contribution in [1.82, 2.24) is 9.97 Å². The number of carbonyl (C=O) groups is 1. The number of ether oxygens (including phenoxy) is 2. The van der Waals surface area contributed by atoms with Crippen LogP contribution in [0.3, 0.4) is 0 Å². The van der Waals surface area contributed by atoms with Crippen molar-refractivity contribution in [2.45, 2.75) is 65.4 Å². The van der Waals surface area contributed by atoms with E-state index in [1.165, 1.54) is 12.0 Å². The van der Waals surface area contributed by atoms with E-state index in [4.69, 9.17) is 9.47 Å². The number of aryl methyl sites for hydroxylation is 1. The zero-order valence-electron chi connectivity index (χ0n) is 19.9. The van der Waals surface area contributed by atoms with Crippen LogP contribution >= 0.6 is 0 Å². The number of hydrogen-bond acceptors (Lipinski definition) is 5. The van der Waals surface area contributed by atoms with Gasteiger partial charge in [-0.1, -0.05) is 63.1 Å². The Morgan fingerprint density at radius 2 is 1.42 bits per heavy atom. The van der Waals surface area contributed by atoms with Gasteiger partial charge in [0.25, 0.3) is 0 Å². The molecule has 3 aromatic rings. The van der Waals surface area contributed by atoms with Crippen LogP contribution in [-0.4, -0.2) is 28.6 Å². The fourth-order valence-corrected chi connectivity index (χ4v) is 3.42. The molecule has 1 unspecified atom stereocenters. The minimum absolute atomic E-state index is 0.162. The molecule has 0 spiro atoms. The van der Waals surface area contributed by atoms with Gasteiger partial charge in [0.1, 0.15) is 18.5 Å². The molecule has 0 saturated heterocycles. The van der Waals surface area contributed by atoms with E-state index < -0.39 is 0 Å². The van der Waals surface area contributed by atoms with Gasteiger partial charge in [-0.2, -0.15) is 0 Å². The Labute approximate surface area is 197 Å². The smallest absolute Gasteiger partial charge is 0.306 e. The zero-order chi connectivity index (χ0) is 23.5.